The highest BCUT2D eigenvalue weighted by Crippen LogP contribution is 2.21. The number of hydrogen-bond acceptors (Lipinski definition) is 6. The lowest BCUT2D eigenvalue weighted by atomic mass is 9.86. The number of alkyl carbamates (subject to hydrolysis) is 2. The Kier molecular flexibility index (Phi) is 7.64. The molecule has 0 spiro atoms. The fourth-order valence-electron chi connectivity index (χ4n) is 3.31. The first-order valence-electron chi connectivity index (χ1n) is 9.82. The summed E-state index contributed by atoms with van der Waals surface area (Å²) in [5.41, 5.74) is 1.68. The molecule has 8 nitrogen and oxygen atoms in total. The van der Waals surface area contributed by atoms with Gasteiger partial charge < -0.3 is 30.3 Å². The van der Waals surface area contributed by atoms with Crippen molar-refractivity contribution in [3.63, 3.8) is 0 Å². The van der Waals surface area contributed by atoms with Crippen molar-refractivity contribution < 1.29 is 29.3 Å². The number of carbonyl (C=O) groups is 2. The van der Waals surface area contributed by atoms with E-state index in [1.165, 1.54) is 0 Å². The van der Waals surface area contributed by atoms with Crippen LogP contribution in [0.1, 0.15) is 24.0 Å². The average Bonchev–Trinajstić information content (AvgIpc) is 2.76. The summed E-state index contributed by atoms with van der Waals surface area (Å²) in [4.78, 5) is 24.4. The van der Waals surface area contributed by atoms with Gasteiger partial charge in [0.1, 0.15) is 13.2 Å². The maximum atomic E-state index is 12.2. The van der Waals surface area contributed by atoms with Crippen LogP contribution in [0, 0.1) is 0 Å². The van der Waals surface area contributed by atoms with Crippen LogP contribution in [0.25, 0.3) is 0 Å². The molecular formula is C22H26N2O6. The van der Waals surface area contributed by atoms with Crippen molar-refractivity contribution in [2.24, 2.45) is 0 Å². The van der Waals surface area contributed by atoms with Crippen LogP contribution >= 0.6 is 0 Å². The van der Waals surface area contributed by atoms with Crippen LogP contribution in [0.3, 0.4) is 0 Å². The van der Waals surface area contributed by atoms with Gasteiger partial charge in [-0.3, -0.25) is 0 Å². The van der Waals surface area contributed by atoms with Gasteiger partial charge in [-0.25, -0.2) is 9.59 Å². The van der Waals surface area contributed by atoms with Crippen molar-refractivity contribution in [3.05, 3.63) is 71.8 Å². The van der Waals surface area contributed by atoms with Gasteiger partial charge in [-0.05, 0) is 24.0 Å². The molecule has 1 aliphatic carbocycles. The lowest BCUT2D eigenvalue weighted by Crippen LogP contribution is -2.59. The van der Waals surface area contributed by atoms with E-state index < -0.39 is 36.5 Å². The molecular weight excluding hydrogens is 388 g/mol. The number of nitrogens with one attached hydrogen (secondary N) is 2. The van der Waals surface area contributed by atoms with Crippen LogP contribution < -0.4 is 10.6 Å². The van der Waals surface area contributed by atoms with E-state index in [1.807, 2.05) is 60.7 Å². The minimum atomic E-state index is -1.01. The fraction of sp³-hybridized carbons (Fsp3) is 0.364. The highest BCUT2D eigenvalue weighted by atomic mass is 16.6. The minimum absolute atomic E-state index is 0.0746. The fourth-order valence-corrected chi connectivity index (χ4v) is 3.31. The van der Waals surface area contributed by atoms with Gasteiger partial charge in [0, 0.05) is 0 Å². The molecule has 4 atom stereocenters. The number of benzene rings is 2. The van der Waals surface area contributed by atoms with Crippen LogP contribution in [0.4, 0.5) is 9.59 Å². The van der Waals surface area contributed by atoms with Crippen LogP contribution in [0.15, 0.2) is 60.7 Å². The summed E-state index contributed by atoms with van der Waals surface area (Å²) in [6, 6.07) is 17.2. The molecule has 0 bridgehead atoms. The van der Waals surface area contributed by atoms with Crippen LogP contribution in [-0.4, -0.2) is 46.7 Å². The summed E-state index contributed by atoms with van der Waals surface area (Å²) in [5, 5.41) is 25.3. The first-order valence-corrected chi connectivity index (χ1v) is 9.82. The number of hydrogen-bond donors (Lipinski definition) is 4. The summed E-state index contributed by atoms with van der Waals surface area (Å²) >= 11 is 0. The second-order valence-corrected chi connectivity index (χ2v) is 7.23. The first kappa shape index (κ1) is 21.6. The topological polar surface area (TPSA) is 117 Å². The molecule has 8 heteroatoms. The van der Waals surface area contributed by atoms with Crippen molar-refractivity contribution in [2.45, 2.75) is 50.3 Å². The van der Waals surface area contributed by atoms with Gasteiger partial charge in [0.05, 0.1) is 24.3 Å². The van der Waals surface area contributed by atoms with Gasteiger partial charge in [-0.15, -0.1) is 0 Å². The van der Waals surface area contributed by atoms with Gasteiger partial charge in [-0.2, -0.15) is 0 Å². The Hall–Kier alpha value is -3.10. The normalized spacial score (nSPS) is 23.3. The van der Waals surface area contributed by atoms with Crippen molar-refractivity contribution in [1.29, 1.82) is 0 Å². The summed E-state index contributed by atoms with van der Waals surface area (Å²) in [6.45, 7) is 0.198. The zero-order chi connectivity index (χ0) is 21.3. The van der Waals surface area contributed by atoms with E-state index in [2.05, 4.69) is 10.6 Å². The standard InChI is InChI=1S/C22H26N2O6/c25-19-11-17(23-21(27)29-13-15-7-3-1-4-8-15)18(12-20(19)26)24-22(28)30-14-16-9-5-2-6-10-16/h1-10,17-20,25-26H,11-14H2,(H,23,27)(H,24,28). The third kappa shape index (κ3) is 6.47. The molecule has 0 heterocycles. The van der Waals surface area contributed by atoms with E-state index >= 15 is 0 Å². The lowest BCUT2D eigenvalue weighted by molar-refractivity contribution is -0.0289. The highest BCUT2D eigenvalue weighted by molar-refractivity contribution is 5.69. The number of rotatable bonds is 6. The van der Waals surface area contributed by atoms with Crippen molar-refractivity contribution in [3.8, 4) is 0 Å². The second-order valence-electron chi connectivity index (χ2n) is 7.23. The smallest absolute Gasteiger partial charge is 0.407 e. The van der Waals surface area contributed by atoms with E-state index in [0.717, 1.165) is 11.1 Å². The molecule has 0 aromatic heterocycles. The van der Waals surface area contributed by atoms with Gasteiger partial charge in [0.15, 0.2) is 0 Å². The zero-order valence-electron chi connectivity index (χ0n) is 16.4. The molecule has 2 amide bonds. The van der Waals surface area contributed by atoms with Crippen molar-refractivity contribution in [2.75, 3.05) is 0 Å². The molecule has 160 valence electrons. The number of carbonyl (C=O) groups excluding carboxylic acids is 2. The van der Waals surface area contributed by atoms with Crippen LogP contribution in [0.2, 0.25) is 0 Å². The van der Waals surface area contributed by atoms with Crippen LogP contribution in [0.5, 0.6) is 0 Å². The molecule has 3 rings (SSSR count). The Labute approximate surface area is 174 Å². The molecule has 2 aromatic rings. The van der Waals surface area contributed by atoms with E-state index in [4.69, 9.17) is 9.47 Å². The number of aliphatic hydroxyl groups excluding tert-OH is 2. The molecule has 1 aliphatic rings. The highest BCUT2D eigenvalue weighted by Gasteiger charge is 2.37. The maximum absolute atomic E-state index is 12.2. The van der Waals surface area contributed by atoms with Crippen LogP contribution in [-0.2, 0) is 22.7 Å². The largest absolute Gasteiger partial charge is 0.445 e. The monoisotopic (exact) mass is 414 g/mol. The SMILES string of the molecule is O=C(NC1CC(O)C(O)CC1NC(=O)OCc1ccccc1)OCc1ccccc1. The molecule has 0 aliphatic heterocycles. The van der Waals surface area contributed by atoms with Crippen molar-refractivity contribution in [1.82, 2.24) is 10.6 Å². The summed E-state index contributed by atoms with van der Waals surface area (Å²) < 4.78 is 10.4. The van der Waals surface area contributed by atoms with Crippen molar-refractivity contribution >= 4 is 12.2 Å². The van der Waals surface area contributed by atoms with Gasteiger partial charge >= 0.3 is 12.2 Å². The molecule has 0 saturated heterocycles. The Bertz CT molecular complexity index is 747. The predicted octanol–water partition coefficient (Wildman–Crippen LogP) is 2.09. The summed E-state index contributed by atoms with van der Waals surface area (Å²) in [6.07, 6.45) is -3.21. The number of amides is 2. The Morgan fingerprint density at radius 2 is 1.10 bits per heavy atom. The molecule has 30 heavy (non-hydrogen) atoms. The Morgan fingerprint density at radius 1 is 0.733 bits per heavy atom. The minimum Gasteiger partial charge on any atom is -0.445 e. The molecule has 1 fully saturated rings. The van der Waals surface area contributed by atoms with E-state index in [9.17, 15) is 19.8 Å². The quantitative estimate of drug-likeness (QED) is 0.575. The average molecular weight is 414 g/mol. The Balaban J connectivity index is 1.52. The summed E-state index contributed by atoms with van der Waals surface area (Å²) in [5.74, 6) is 0. The third-order valence-electron chi connectivity index (χ3n) is 4.95. The van der Waals surface area contributed by atoms with Gasteiger partial charge in [-0.1, -0.05) is 60.7 Å². The number of ether oxygens (including phenoxy) is 2. The third-order valence-corrected chi connectivity index (χ3v) is 4.95. The second kappa shape index (κ2) is 10.6. The van der Waals surface area contributed by atoms with Gasteiger partial charge in [0.25, 0.3) is 0 Å². The molecule has 2 aromatic carbocycles. The van der Waals surface area contributed by atoms with E-state index in [0.29, 0.717) is 0 Å². The summed E-state index contributed by atoms with van der Waals surface area (Å²) in [7, 11) is 0. The number of aliphatic hydroxyl groups is 2. The van der Waals surface area contributed by atoms with E-state index in [1.54, 1.807) is 0 Å². The van der Waals surface area contributed by atoms with Gasteiger partial charge in [0.2, 0.25) is 0 Å². The van der Waals surface area contributed by atoms with E-state index in [-0.39, 0.29) is 26.1 Å². The molecule has 4 unspecified atom stereocenters. The lowest BCUT2D eigenvalue weighted by Gasteiger charge is -2.37. The molecule has 1 saturated carbocycles. The zero-order valence-corrected chi connectivity index (χ0v) is 16.4. The maximum Gasteiger partial charge on any atom is 0.407 e. The Morgan fingerprint density at radius 3 is 1.47 bits per heavy atom. The first-order chi connectivity index (χ1) is 14.5. The predicted molar refractivity (Wildman–Crippen MR) is 108 cm³/mol. The molecule has 4 N–H and O–H groups in total. The molecule has 0 radical (unpaired) electrons.